The number of piperidine rings is 1. The zero-order valence-electron chi connectivity index (χ0n) is 44.8. The van der Waals surface area contributed by atoms with Gasteiger partial charge in [0.2, 0.25) is 0 Å². The molecule has 72 heavy (non-hydrogen) atoms. The lowest BCUT2D eigenvalue weighted by atomic mass is 9.78. The molecule has 1 saturated carbocycles. The Bertz CT molecular complexity index is 1890. The van der Waals surface area contributed by atoms with Crippen molar-refractivity contribution in [1.82, 2.24) is 4.90 Å². The number of amides is 1. The Kier molecular flexibility index (Phi) is 26.1. The number of aliphatic hydroxyl groups excluding tert-OH is 2. The summed E-state index contributed by atoms with van der Waals surface area (Å²) in [6, 6.07) is -1.07. The summed E-state index contributed by atoms with van der Waals surface area (Å²) < 4.78 is 41.8. The molecule has 17 heteroatoms. The summed E-state index contributed by atoms with van der Waals surface area (Å²) in [6.45, 7) is 15.6. The molecule has 0 spiro atoms. The number of nitrogens with zero attached hydrogens (tertiary/aromatic N) is 1. The number of ether oxygens (including phenoxy) is 6. The zero-order chi connectivity index (χ0) is 53.1. The number of methoxy groups -OCH3 is 2. The van der Waals surface area contributed by atoms with E-state index in [1.165, 1.54) is 12.0 Å². The van der Waals surface area contributed by atoms with Gasteiger partial charge in [-0.05, 0) is 120 Å². The predicted molar refractivity (Wildman–Crippen MR) is 275 cm³/mol. The van der Waals surface area contributed by atoms with E-state index in [0.717, 1.165) is 18.4 Å². The van der Waals surface area contributed by atoms with Gasteiger partial charge in [0.1, 0.15) is 35.7 Å². The standard InChI is InChI=1S/C55H88NO15P/c1-34-16-12-11-13-17-35(2)47(71-72-64)32-42-21-19-40(7)55(8,70-42)52(61)53(62)56-23-15-14-18-43(56)54(63)69-46(33-44(58)36(3)29-39(6)50(60)51(66-10)49(59)38(5)28-34)37(4)30-41-20-22-45(48(31-41)65-9)68-27-26-67-25-24-57/h11-13,16-17,29,34,36-38,40-43,45-48,50-51,57,60,64,72H,14-15,18-28,30-33H2,1-10H3/b13-11+,16-12+,35-17+,39-29+/t34-,36-,37-,38-,40-,41?,42?,43+,45-,46+,47?,48-,50-,51?,55-/m1/s1. The Balaban J connectivity index is 1.68. The molecular weight excluding hydrogens is 946 g/mol. The maximum atomic E-state index is 14.6. The van der Waals surface area contributed by atoms with Crippen molar-refractivity contribution in [1.29, 1.82) is 0 Å². The number of aliphatic hydroxyl groups is 2. The monoisotopic (exact) mass is 1030 g/mol. The summed E-state index contributed by atoms with van der Waals surface area (Å²) in [6.07, 6.45) is 12.6. The average molecular weight is 1030 g/mol. The van der Waals surface area contributed by atoms with Crippen LogP contribution < -0.4 is 0 Å². The van der Waals surface area contributed by atoms with Crippen LogP contribution in [0.3, 0.4) is 0 Å². The van der Waals surface area contributed by atoms with Crippen molar-refractivity contribution in [3.63, 3.8) is 0 Å². The molecule has 0 aromatic rings. The van der Waals surface area contributed by atoms with E-state index in [1.807, 2.05) is 65.0 Å². The van der Waals surface area contributed by atoms with E-state index < -0.39 is 80.7 Å². The maximum Gasteiger partial charge on any atom is 0.329 e. The Labute approximate surface area is 430 Å². The highest BCUT2D eigenvalue weighted by Crippen LogP contribution is 2.39. The van der Waals surface area contributed by atoms with Gasteiger partial charge in [-0.3, -0.25) is 19.2 Å². The number of esters is 1. The molecule has 0 aromatic carbocycles. The molecule has 16 atom stereocenters. The van der Waals surface area contributed by atoms with Crippen molar-refractivity contribution < 1.29 is 72.0 Å². The van der Waals surface area contributed by atoms with Gasteiger partial charge in [-0.2, -0.15) is 0 Å². The number of ketones is 3. The minimum absolute atomic E-state index is 0.00411. The van der Waals surface area contributed by atoms with E-state index in [2.05, 4.69) is 0 Å². The van der Waals surface area contributed by atoms with Crippen LogP contribution in [0.25, 0.3) is 0 Å². The number of cyclic esters (lactones) is 1. The molecule has 408 valence electrons. The lowest BCUT2D eigenvalue weighted by molar-refractivity contribution is -0.184. The fraction of sp³-hybridized carbons (Fsp3) is 0.764. The first-order valence-corrected chi connectivity index (χ1v) is 27.2. The van der Waals surface area contributed by atoms with E-state index in [0.29, 0.717) is 70.2 Å². The molecule has 4 aliphatic rings. The van der Waals surface area contributed by atoms with Gasteiger partial charge in [0.25, 0.3) is 11.7 Å². The van der Waals surface area contributed by atoms with Crippen LogP contribution >= 0.6 is 9.03 Å². The smallest absolute Gasteiger partial charge is 0.329 e. The van der Waals surface area contributed by atoms with Crippen LogP contribution in [-0.4, -0.2) is 151 Å². The van der Waals surface area contributed by atoms with Crippen molar-refractivity contribution in [2.75, 3.05) is 47.2 Å². The van der Waals surface area contributed by atoms with Gasteiger partial charge in [-0.25, -0.2) is 4.79 Å². The molecule has 0 aromatic heterocycles. The van der Waals surface area contributed by atoms with Crippen molar-refractivity contribution >= 4 is 38.3 Å². The summed E-state index contributed by atoms with van der Waals surface area (Å²) in [7, 11) is 2.24. The van der Waals surface area contributed by atoms with Crippen LogP contribution in [0.2, 0.25) is 0 Å². The van der Waals surface area contributed by atoms with E-state index >= 15 is 0 Å². The number of carbonyl (C=O) groups excluding carboxylic acids is 5. The lowest BCUT2D eigenvalue weighted by Gasteiger charge is -2.44. The average Bonchev–Trinajstić information content (AvgIpc) is 3.36. The van der Waals surface area contributed by atoms with Crippen molar-refractivity contribution in [3.05, 3.63) is 47.6 Å². The van der Waals surface area contributed by atoms with Crippen LogP contribution in [0.15, 0.2) is 47.6 Å². The molecule has 3 aliphatic heterocycles. The number of hydrogen-bond donors (Lipinski definition) is 3. The summed E-state index contributed by atoms with van der Waals surface area (Å²) in [5.41, 5.74) is -0.283. The quantitative estimate of drug-likeness (QED) is 0.0549. The molecule has 2 bridgehead atoms. The maximum absolute atomic E-state index is 14.6. The minimum atomic E-state index is -1.50. The molecule has 1 amide bonds. The van der Waals surface area contributed by atoms with Gasteiger partial charge in [0.15, 0.2) is 14.8 Å². The van der Waals surface area contributed by atoms with E-state index in [4.69, 9.17) is 38.1 Å². The largest absolute Gasteiger partial charge is 0.460 e. The summed E-state index contributed by atoms with van der Waals surface area (Å²) in [4.78, 5) is 83.0. The minimum Gasteiger partial charge on any atom is -0.460 e. The number of allylic oxidation sites excluding steroid dienone is 6. The normalized spacial score (nSPS) is 37.8. The third-order valence-electron chi connectivity index (χ3n) is 15.6. The molecule has 3 fully saturated rings. The summed E-state index contributed by atoms with van der Waals surface area (Å²) in [5, 5.41) is 20.6. The van der Waals surface area contributed by atoms with Gasteiger partial charge in [0.05, 0.1) is 50.8 Å². The van der Waals surface area contributed by atoms with Gasteiger partial charge >= 0.3 is 5.97 Å². The molecule has 4 rings (SSSR count). The molecule has 5 unspecified atom stereocenters. The first-order chi connectivity index (χ1) is 34.3. The van der Waals surface area contributed by atoms with Gasteiger partial charge in [-0.1, -0.05) is 71.1 Å². The van der Waals surface area contributed by atoms with Crippen LogP contribution in [-0.2, 0) is 56.9 Å². The Hall–Kier alpha value is -3.02. The molecule has 1 aliphatic carbocycles. The number of hydrogen-bond acceptors (Lipinski definition) is 15. The highest BCUT2D eigenvalue weighted by Gasteiger charge is 2.51. The number of fused-ring (bicyclic) bond motifs is 3. The molecule has 2 saturated heterocycles. The van der Waals surface area contributed by atoms with E-state index in [1.54, 1.807) is 34.0 Å². The Morgan fingerprint density at radius 1 is 0.875 bits per heavy atom. The highest BCUT2D eigenvalue weighted by atomic mass is 31.1. The van der Waals surface area contributed by atoms with Crippen LogP contribution in [0.1, 0.15) is 132 Å². The number of Topliss-reactive ketones (excluding diaryl/α,β-unsaturated/α-hetero) is 3. The van der Waals surface area contributed by atoms with Gasteiger partial charge < -0.3 is 53.0 Å². The lowest BCUT2D eigenvalue weighted by Crippen LogP contribution is -2.59. The van der Waals surface area contributed by atoms with E-state index in [-0.39, 0.29) is 80.0 Å². The summed E-state index contributed by atoms with van der Waals surface area (Å²) >= 11 is 0. The van der Waals surface area contributed by atoms with Crippen molar-refractivity contribution in [2.45, 2.75) is 187 Å². The second-order valence-corrected chi connectivity index (χ2v) is 21.6. The van der Waals surface area contributed by atoms with Crippen LogP contribution in [0.5, 0.6) is 0 Å². The molecular formula is C55H88NO15P. The van der Waals surface area contributed by atoms with Crippen molar-refractivity contribution in [3.8, 4) is 0 Å². The molecule has 3 N–H and O–H groups in total. The van der Waals surface area contributed by atoms with Crippen molar-refractivity contribution in [2.24, 2.45) is 35.5 Å². The van der Waals surface area contributed by atoms with Gasteiger partial charge in [-0.15, -0.1) is 0 Å². The second kappa shape index (κ2) is 30.5. The second-order valence-electron chi connectivity index (χ2n) is 21.2. The SMILES string of the molecule is COC1C(=O)[C@H](C)C[C@H](C)/C=C/C=C/C=C(\C)C(OPO)CC2CC[C@@H](C)[C@@](C)(O2)C(=O)C(=O)N2CCCC[C@H]2C(=O)O[C@H]([C@H](C)CC2CC[C@@H](OCCOCCO)[C@H](OC)C2)CC(=O)[C@H](C)/C=C(\C)[C@H]1O. The summed E-state index contributed by atoms with van der Waals surface area (Å²) in [5.74, 6) is -4.43. The molecule has 16 nitrogen and oxygen atoms in total. The zero-order valence-corrected chi connectivity index (χ0v) is 45.8. The fourth-order valence-electron chi connectivity index (χ4n) is 10.9. The Morgan fingerprint density at radius 3 is 2.32 bits per heavy atom. The molecule has 3 heterocycles. The fourth-order valence-corrected chi connectivity index (χ4v) is 11.3. The molecule has 0 radical (unpaired) electrons. The number of rotatable bonds is 13. The topological polar surface area (TPSA) is 214 Å². The third-order valence-corrected chi connectivity index (χ3v) is 16.0. The van der Waals surface area contributed by atoms with Crippen LogP contribution in [0.4, 0.5) is 0 Å². The first kappa shape index (κ1) is 61.5. The first-order valence-electron chi connectivity index (χ1n) is 26.4. The number of carbonyl (C=O) groups is 5. The highest BCUT2D eigenvalue weighted by molar-refractivity contribution is 7.25. The predicted octanol–water partition coefficient (Wildman–Crippen LogP) is 7.15. The Morgan fingerprint density at radius 2 is 1.62 bits per heavy atom. The third kappa shape index (κ3) is 17.5. The van der Waals surface area contributed by atoms with E-state index in [9.17, 15) is 34.0 Å². The van der Waals surface area contributed by atoms with Crippen LogP contribution in [0, 0.1) is 35.5 Å². The van der Waals surface area contributed by atoms with Gasteiger partial charge in [0, 0.05) is 45.4 Å².